The predicted octanol–water partition coefficient (Wildman–Crippen LogP) is 1.69. The Labute approximate surface area is 138 Å². The lowest BCUT2D eigenvalue weighted by Crippen LogP contribution is -2.44. The Morgan fingerprint density at radius 1 is 0.625 bits per heavy atom. The van der Waals surface area contributed by atoms with Gasteiger partial charge >= 0.3 is 11.4 Å². The molecule has 0 aliphatic carbocycles. The van der Waals surface area contributed by atoms with Crippen LogP contribution in [0.1, 0.15) is 11.4 Å². The molecule has 114 valence electrons. The number of hydrogen-bond donors (Lipinski definition) is 0. The van der Waals surface area contributed by atoms with E-state index in [2.05, 4.69) is 12.1 Å². The fourth-order valence-corrected chi connectivity index (χ4v) is 2.00. The van der Waals surface area contributed by atoms with Gasteiger partial charge in [0.05, 0.1) is 0 Å². The van der Waals surface area contributed by atoms with E-state index in [1.165, 1.54) is 9.46 Å². The minimum absolute atomic E-state index is 0.345. The van der Waals surface area contributed by atoms with Gasteiger partial charge in [0.15, 0.2) is 12.1 Å². The summed E-state index contributed by atoms with van der Waals surface area (Å²) in [6.45, 7) is 0. The molecule has 0 aliphatic rings. The Morgan fingerprint density at radius 2 is 1.04 bits per heavy atom. The molecule has 0 fully saturated rings. The van der Waals surface area contributed by atoms with Crippen LogP contribution < -0.4 is 19.1 Å². The van der Waals surface area contributed by atoms with Gasteiger partial charge in [-0.2, -0.15) is 10.5 Å². The number of benzene rings is 1. The van der Waals surface area contributed by atoms with Crippen LogP contribution in [0.5, 0.6) is 11.5 Å². The van der Waals surface area contributed by atoms with Crippen molar-refractivity contribution in [3.63, 3.8) is 0 Å². The van der Waals surface area contributed by atoms with Gasteiger partial charge in [0, 0.05) is 33.7 Å². The molecule has 0 unspecified atom stereocenters. The Bertz CT molecular complexity index is 879. The maximum absolute atomic E-state index is 9.15. The summed E-state index contributed by atoms with van der Waals surface area (Å²) in [6.07, 6.45) is 3.26. The molecule has 0 bridgehead atoms. The van der Waals surface area contributed by atoms with Crippen molar-refractivity contribution in [3.05, 3.63) is 84.4 Å². The Hall–Kier alpha value is -3.90. The molecule has 0 N–H and O–H groups in total. The number of nitrogens with zero attached hydrogens (tertiary/aromatic N) is 4. The van der Waals surface area contributed by atoms with Crippen molar-refractivity contribution in [1.29, 1.82) is 10.5 Å². The molecule has 3 rings (SSSR count). The van der Waals surface area contributed by atoms with Crippen LogP contribution in [0, 0.1) is 22.7 Å². The van der Waals surface area contributed by atoms with Crippen LogP contribution >= 0.6 is 0 Å². The van der Waals surface area contributed by atoms with E-state index in [1.807, 2.05) is 0 Å². The minimum Gasteiger partial charge on any atom is -0.226 e. The fourth-order valence-electron chi connectivity index (χ4n) is 2.00. The topological polar surface area (TPSA) is 73.8 Å². The molecule has 3 aromatic rings. The molecule has 6 heteroatoms. The molecule has 0 amide bonds. The monoisotopic (exact) mass is 316 g/mol. The van der Waals surface area contributed by atoms with Gasteiger partial charge in [-0.3, -0.25) is 0 Å². The summed E-state index contributed by atoms with van der Waals surface area (Å²) in [4.78, 5) is 11.5. The fraction of sp³-hybridized carbons (Fsp3) is 0. The first-order chi connectivity index (χ1) is 11.8. The molecule has 0 saturated carbocycles. The van der Waals surface area contributed by atoms with E-state index in [0.717, 1.165) is 0 Å². The summed E-state index contributed by atoms with van der Waals surface area (Å²) in [6, 6.07) is 21.4. The van der Waals surface area contributed by atoms with Crippen molar-refractivity contribution in [3.8, 4) is 23.6 Å². The van der Waals surface area contributed by atoms with E-state index in [9.17, 15) is 0 Å². The molecule has 0 atom stereocenters. The average Bonchev–Trinajstić information content (AvgIpc) is 2.64. The molecule has 1 aromatic carbocycles. The highest BCUT2D eigenvalue weighted by atomic mass is 16.7. The van der Waals surface area contributed by atoms with Gasteiger partial charge in [-0.05, 0) is 24.3 Å². The highest BCUT2D eigenvalue weighted by molar-refractivity contribution is 5.38. The molecule has 0 aliphatic heterocycles. The van der Waals surface area contributed by atoms with Crippen molar-refractivity contribution in [2.24, 2.45) is 0 Å². The number of para-hydroxylation sites is 2. The lowest BCUT2D eigenvalue weighted by Gasteiger charge is -2.03. The van der Waals surface area contributed by atoms with Crippen molar-refractivity contribution in [2.45, 2.75) is 0 Å². The largest absolute Gasteiger partial charge is 0.334 e. The second kappa shape index (κ2) is 6.91. The Morgan fingerprint density at radius 3 is 1.46 bits per heavy atom. The van der Waals surface area contributed by atoms with Crippen molar-refractivity contribution >= 4 is 0 Å². The smallest absolute Gasteiger partial charge is 0.226 e. The molecular weight excluding hydrogens is 304 g/mol. The van der Waals surface area contributed by atoms with E-state index in [4.69, 9.17) is 20.2 Å². The second-order valence-corrected chi connectivity index (χ2v) is 4.68. The number of pyridine rings is 2. The van der Waals surface area contributed by atoms with Gasteiger partial charge in [0.2, 0.25) is 12.4 Å². The summed E-state index contributed by atoms with van der Waals surface area (Å²) in [5, 5.41) is 18.3. The van der Waals surface area contributed by atoms with Crippen LogP contribution in [-0.4, -0.2) is 0 Å². The zero-order valence-electron chi connectivity index (χ0n) is 12.5. The molecule has 2 aromatic heterocycles. The standard InChI is InChI=1S/C18H12N4O2/c19-13-15-7-3-5-11-21(15)23-17-9-1-2-10-18(17)24-22-12-6-4-8-16(22)14-20/h1-12H/q+2. The molecule has 2 heterocycles. The van der Waals surface area contributed by atoms with E-state index >= 15 is 0 Å². The van der Waals surface area contributed by atoms with E-state index in [0.29, 0.717) is 22.9 Å². The van der Waals surface area contributed by atoms with Crippen LogP contribution in [0.3, 0.4) is 0 Å². The van der Waals surface area contributed by atoms with Crippen LogP contribution in [0.4, 0.5) is 0 Å². The maximum Gasteiger partial charge on any atom is 0.334 e. The highest BCUT2D eigenvalue weighted by Crippen LogP contribution is 2.25. The van der Waals surface area contributed by atoms with E-state index in [-0.39, 0.29) is 0 Å². The number of aromatic nitrogens is 2. The van der Waals surface area contributed by atoms with Gasteiger partial charge in [-0.15, -0.1) is 0 Å². The average molecular weight is 316 g/mol. The summed E-state index contributed by atoms with van der Waals surface area (Å²) >= 11 is 0. The van der Waals surface area contributed by atoms with E-state index < -0.39 is 0 Å². The first kappa shape index (κ1) is 15.0. The number of nitriles is 2. The van der Waals surface area contributed by atoms with Gasteiger partial charge in [-0.25, -0.2) is 9.68 Å². The van der Waals surface area contributed by atoms with Crippen LogP contribution in [0.25, 0.3) is 0 Å². The molecule has 0 saturated heterocycles. The van der Waals surface area contributed by atoms with Crippen LogP contribution in [-0.2, 0) is 0 Å². The van der Waals surface area contributed by atoms with Gasteiger partial charge in [0.1, 0.15) is 0 Å². The number of hydrogen-bond acceptors (Lipinski definition) is 4. The van der Waals surface area contributed by atoms with Crippen LogP contribution in [0.2, 0.25) is 0 Å². The van der Waals surface area contributed by atoms with Gasteiger partial charge < -0.3 is 0 Å². The predicted molar refractivity (Wildman–Crippen MR) is 81.2 cm³/mol. The SMILES string of the molecule is N#Cc1cccc[n+]1Oc1ccccc1O[n+]1ccccc1C#N. The zero-order valence-corrected chi connectivity index (χ0v) is 12.5. The quantitative estimate of drug-likeness (QED) is 0.687. The lowest BCUT2D eigenvalue weighted by molar-refractivity contribution is -0.885. The first-order valence-corrected chi connectivity index (χ1v) is 7.09. The van der Waals surface area contributed by atoms with E-state index in [1.54, 1.807) is 73.1 Å². The van der Waals surface area contributed by atoms with Crippen molar-refractivity contribution in [2.75, 3.05) is 0 Å². The third-order valence-corrected chi connectivity index (χ3v) is 3.12. The summed E-state index contributed by atoms with van der Waals surface area (Å²) in [5.74, 6) is 0.816. The molecule has 0 radical (unpaired) electrons. The summed E-state index contributed by atoms with van der Waals surface area (Å²) < 4.78 is 2.70. The highest BCUT2D eigenvalue weighted by Gasteiger charge is 2.20. The van der Waals surface area contributed by atoms with Crippen molar-refractivity contribution in [1.82, 2.24) is 0 Å². The Kier molecular flexibility index (Phi) is 4.32. The van der Waals surface area contributed by atoms with Gasteiger partial charge in [-0.1, -0.05) is 12.1 Å². The molecule has 24 heavy (non-hydrogen) atoms. The zero-order chi connectivity index (χ0) is 16.8. The minimum atomic E-state index is 0.345. The lowest BCUT2D eigenvalue weighted by atomic mass is 10.3. The normalized spacial score (nSPS) is 9.58. The first-order valence-electron chi connectivity index (χ1n) is 7.09. The maximum atomic E-state index is 9.15. The summed E-state index contributed by atoms with van der Waals surface area (Å²) in [7, 11) is 0. The van der Waals surface area contributed by atoms with Gasteiger partial charge in [0.25, 0.3) is 11.5 Å². The summed E-state index contributed by atoms with van der Waals surface area (Å²) in [5.41, 5.74) is 0.690. The third kappa shape index (κ3) is 3.13. The number of rotatable bonds is 4. The van der Waals surface area contributed by atoms with Crippen molar-refractivity contribution < 1.29 is 19.1 Å². The second-order valence-electron chi connectivity index (χ2n) is 4.68. The molecule has 6 nitrogen and oxygen atoms in total. The molecular formula is C18H12N4O2+2. The Balaban J connectivity index is 1.94. The van der Waals surface area contributed by atoms with Crippen LogP contribution in [0.15, 0.2) is 73.1 Å². The third-order valence-electron chi connectivity index (χ3n) is 3.12. The molecule has 0 spiro atoms.